The number of hydrogen-bond donors (Lipinski definition) is 4. The smallest absolute Gasteiger partial charge is 0.335 e. The van der Waals surface area contributed by atoms with Crippen LogP contribution in [0.2, 0.25) is 0 Å². The Morgan fingerprint density at radius 2 is 2.12 bits per heavy atom. The molecule has 0 aliphatic carbocycles. The second kappa shape index (κ2) is 8.26. The number of carboxylic acid groups (broad SMARTS) is 1. The lowest BCUT2D eigenvalue weighted by molar-refractivity contribution is -0.119. The van der Waals surface area contributed by atoms with E-state index in [9.17, 15) is 9.59 Å². The van der Waals surface area contributed by atoms with Crippen molar-refractivity contribution in [3.05, 3.63) is 48.0 Å². The van der Waals surface area contributed by atoms with E-state index in [0.717, 1.165) is 12.1 Å². The van der Waals surface area contributed by atoms with E-state index in [1.54, 1.807) is 24.7 Å². The highest BCUT2D eigenvalue weighted by atomic mass is 16.4. The highest BCUT2D eigenvalue weighted by Crippen LogP contribution is 2.13. The summed E-state index contributed by atoms with van der Waals surface area (Å²) in [6, 6.07) is 5.84. The van der Waals surface area contributed by atoms with Crippen molar-refractivity contribution in [3.8, 4) is 0 Å². The topological polar surface area (TPSA) is 107 Å². The van der Waals surface area contributed by atoms with Crippen LogP contribution in [-0.4, -0.2) is 39.5 Å². The number of rotatable bonds is 8. The lowest BCUT2D eigenvalue weighted by Gasteiger charge is -2.21. The van der Waals surface area contributed by atoms with Crippen molar-refractivity contribution in [2.45, 2.75) is 26.3 Å². The van der Waals surface area contributed by atoms with Gasteiger partial charge in [0.25, 0.3) is 0 Å². The molecular formula is C17H22N4O3. The van der Waals surface area contributed by atoms with Crippen LogP contribution in [0, 0.1) is 5.92 Å². The van der Waals surface area contributed by atoms with Gasteiger partial charge in [-0.15, -0.1) is 0 Å². The molecule has 0 bridgehead atoms. The van der Waals surface area contributed by atoms with Crippen LogP contribution in [0.25, 0.3) is 0 Å². The Bertz CT molecular complexity index is 683. The fourth-order valence-electron chi connectivity index (χ4n) is 2.36. The van der Waals surface area contributed by atoms with Gasteiger partial charge in [-0.05, 0) is 24.1 Å². The summed E-state index contributed by atoms with van der Waals surface area (Å²) in [4.78, 5) is 30.5. The highest BCUT2D eigenvalue weighted by molar-refractivity contribution is 5.96. The van der Waals surface area contributed by atoms with Gasteiger partial charge in [0.2, 0.25) is 5.91 Å². The van der Waals surface area contributed by atoms with E-state index in [4.69, 9.17) is 5.11 Å². The molecule has 0 radical (unpaired) electrons. The second-order valence-electron chi connectivity index (χ2n) is 5.88. The van der Waals surface area contributed by atoms with E-state index < -0.39 is 5.97 Å². The van der Waals surface area contributed by atoms with Gasteiger partial charge in [0, 0.05) is 30.5 Å². The third-order valence-corrected chi connectivity index (χ3v) is 3.64. The molecule has 0 unspecified atom stereocenters. The van der Waals surface area contributed by atoms with Crippen LogP contribution in [0.3, 0.4) is 0 Å². The summed E-state index contributed by atoms with van der Waals surface area (Å²) in [5.74, 6) is -1.12. The van der Waals surface area contributed by atoms with E-state index in [2.05, 4.69) is 20.6 Å². The molecule has 0 spiro atoms. The summed E-state index contributed by atoms with van der Waals surface area (Å²) < 4.78 is 0. The lowest BCUT2D eigenvalue weighted by atomic mass is 10.0. The van der Waals surface area contributed by atoms with Crippen LogP contribution in [0.4, 0.5) is 5.69 Å². The molecule has 1 aromatic heterocycles. The Morgan fingerprint density at radius 3 is 2.75 bits per heavy atom. The average Bonchev–Trinajstić information content (AvgIpc) is 3.04. The minimum atomic E-state index is -1.02. The normalized spacial score (nSPS) is 12.1. The van der Waals surface area contributed by atoms with Gasteiger partial charge in [0.05, 0.1) is 17.9 Å². The Balaban J connectivity index is 1.95. The molecule has 1 amide bonds. The molecule has 7 nitrogen and oxygen atoms in total. The van der Waals surface area contributed by atoms with Crippen molar-refractivity contribution in [2.75, 3.05) is 11.9 Å². The number of aromatic nitrogens is 2. The molecule has 2 aromatic rings. The van der Waals surface area contributed by atoms with Gasteiger partial charge in [-0.25, -0.2) is 9.78 Å². The van der Waals surface area contributed by atoms with Crippen molar-refractivity contribution in [3.63, 3.8) is 0 Å². The molecule has 1 atom stereocenters. The van der Waals surface area contributed by atoms with Crippen LogP contribution in [0.15, 0.2) is 36.8 Å². The summed E-state index contributed by atoms with van der Waals surface area (Å²) >= 11 is 0. The molecule has 2 rings (SSSR count). The number of nitrogens with zero attached hydrogens (tertiary/aromatic N) is 1. The molecule has 24 heavy (non-hydrogen) atoms. The first-order valence-electron chi connectivity index (χ1n) is 7.82. The third kappa shape index (κ3) is 4.92. The molecule has 0 saturated carbocycles. The molecule has 7 heteroatoms. The Morgan fingerprint density at radius 1 is 1.33 bits per heavy atom. The van der Waals surface area contributed by atoms with Gasteiger partial charge in [0.15, 0.2) is 0 Å². The second-order valence-corrected chi connectivity index (χ2v) is 5.88. The maximum Gasteiger partial charge on any atom is 0.335 e. The monoisotopic (exact) mass is 330 g/mol. The SMILES string of the molecule is CC(C)[C@H](NCCc1cnc[nH]1)C(=O)Nc1cccc(C(=O)O)c1. The van der Waals surface area contributed by atoms with E-state index in [-0.39, 0.29) is 23.4 Å². The molecule has 0 aliphatic rings. The summed E-state index contributed by atoms with van der Waals surface area (Å²) in [6.45, 7) is 4.55. The first-order valence-corrected chi connectivity index (χ1v) is 7.82. The fourth-order valence-corrected chi connectivity index (χ4v) is 2.36. The van der Waals surface area contributed by atoms with Gasteiger partial charge in [-0.3, -0.25) is 4.79 Å². The molecule has 1 heterocycles. The number of aromatic amines is 1. The molecule has 1 aromatic carbocycles. The average molecular weight is 330 g/mol. The third-order valence-electron chi connectivity index (χ3n) is 3.64. The zero-order valence-corrected chi connectivity index (χ0v) is 13.7. The number of hydrogen-bond acceptors (Lipinski definition) is 4. The van der Waals surface area contributed by atoms with Crippen molar-refractivity contribution >= 4 is 17.6 Å². The van der Waals surface area contributed by atoms with Gasteiger partial charge < -0.3 is 20.7 Å². The quantitative estimate of drug-likeness (QED) is 0.591. The molecule has 128 valence electrons. The minimum Gasteiger partial charge on any atom is -0.478 e. The zero-order chi connectivity index (χ0) is 17.5. The number of amides is 1. The number of carboxylic acids is 1. The number of imidazole rings is 1. The summed E-state index contributed by atoms with van der Waals surface area (Å²) in [5.41, 5.74) is 1.61. The molecule has 0 saturated heterocycles. The van der Waals surface area contributed by atoms with E-state index in [1.807, 2.05) is 13.8 Å². The molecule has 0 aliphatic heterocycles. The highest BCUT2D eigenvalue weighted by Gasteiger charge is 2.21. The maximum atomic E-state index is 12.5. The predicted molar refractivity (Wildman–Crippen MR) is 91.0 cm³/mol. The summed E-state index contributed by atoms with van der Waals surface area (Å²) in [6.07, 6.45) is 4.12. The lowest BCUT2D eigenvalue weighted by Crippen LogP contribution is -2.45. The maximum absolute atomic E-state index is 12.5. The van der Waals surface area contributed by atoms with E-state index >= 15 is 0 Å². The van der Waals surface area contributed by atoms with Crippen LogP contribution in [0.5, 0.6) is 0 Å². The zero-order valence-electron chi connectivity index (χ0n) is 13.7. The number of aromatic carboxylic acids is 1. The van der Waals surface area contributed by atoms with Gasteiger partial charge in [-0.2, -0.15) is 0 Å². The summed E-state index contributed by atoms with van der Waals surface area (Å²) in [5, 5.41) is 15.0. The number of H-pyrrole nitrogens is 1. The largest absolute Gasteiger partial charge is 0.478 e. The summed E-state index contributed by atoms with van der Waals surface area (Å²) in [7, 11) is 0. The van der Waals surface area contributed by atoms with Crippen molar-refractivity contribution in [1.82, 2.24) is 15.3 Å². The van der Waals surface area contributed by atoms with Gasteiger partial charge in [-0.1, -0.05) is 19.9 Å². The van der Waals surface area contributed by atoms with Crippen LogP contribution < -0.4 is 10.6 Å². The first-order chi connectivity index (χ1) is 11.5. The first kappa shape index (κ1) is 17.7. The molecule has 0 fully saturated rings. The minimum absolute atomic E-state index is 0.0921. The number of anilines is 1. The standard InChI is InChI=1S/C17H22N4O3/c1-11(2)15(19-7-6-14-9-18-10-20-14)16(22)21-13-5-3-4-12(8-13)17(23)24/h3-5,8-11,15,19H,6-7H2,1-2H3,(H,18,20)(H,21,22)(H,23,24)/t15-/m0/s1. The number of carbonyl (C=O) groups excluding carboxylic acids is 1. The Hall–Kier alpha value is -2.67. The number of carbonyl (C=O) groups is 2. The van der Waals surface area contributed by atoms with Crippen molar-refractivity contribution < 1.29 is 14.7 Å². The Kier molecular flexibility index (Phi) is 6.08. The van der Waals surface area contributed by atoms with E-state index in [0.29, 0.717) is 12.2 Å². The molecular weight excluding hydrogens is 308 g/mol. The van der Waals surface area contributed by atoms with Crippen LogP contribution in [0.1, 0.15) is 29.9 Å². The predicted octanol–water partition coefficient (Wildman–Crippen LogP) is 1.90. The van der Waals surface area contributed by atoms with Crippen LogP contribution in [-0.2, 0) is 11.2 Å². The Labute approximate surface area is 140 Å². The molecule has 4 N–H and O–H groups in total. The van der Waals surface area contributed by atoms with Crippen molar-refractivity contribution in [2.24, 2.45) is 5.92 Å². The van der Waals surface area contributed by atoms with Crippen LogP contribution >= 0.6 is 0 Å². The van der Waals surface area contributed by atoms with Gasteiger partial charge >= 0.3 is 5.97 Å². The number of nitrogens with one attached hydrogen (secondary N) is 3. The van der Waals surface area contributed by atoms with Crippen molar-refractivity contribution in [1.29, 1.82) is 0 Å². The number of benzene rings is 1. The van der Waals surface area contributed by atoms with Gasteiger partial charge in [0.1, 0.15) is 0 Å². The van der Waals surface area contributed by atoms with E-state index in [1.165, 1.54) is 12.1 Å². The fraction of sp³-hybridized carbons (Fsp3) is 0.353.